The molecule has 0 unspecified atom stereocenters. The van der Waals surface area contributed by atoms with Gasteiger partial charge in [-0.3, -0.25) is 9.88 Å². The summed E-state index contributed by atoms with van der Waals surface area (Å²) < 4.78 is 5.12. The molecule has 1 aromatic rings. The number of amides is 2. The second kappa shape index (κ2) is 8.70. The molecule has 0 aliphatic carbocycles. The topological polar surface area (TPSA) is 57.7 Å². The Morgan fingerprint density at radius 1 is 1.36 bits per heavy atom. The fraction of sp³-hybridized carbons (Fsp3) is 0.625. The molecule has 1 atom stereocenters. The molecule has 0 bridgehead atoms. The predicted octanol–water partition coefficient (Wildman–Crippen LogP) is 1.51. The van der Waals surface area contributed by atoms with Crippen molar-refractivity contribution in [2.45, 2.75) is 19.4 Å². The van der Waals surface area contributed by atoms with Crippen molar-refractivity contribution in [1.82, 2.24) is 20.1 Å². The average molecular weight is 306 g/mol. The summed E-state index contributed by atoms with van der Waals surface area (Å²) in [6.45, 7) is 7.09. The van der Waals surface area contributed by atoms with Gasteiger partial charge in [0.05, 0.1) is 18.3 Å². The Labute approximate surface area is 132 Å². The molecule has 1 N–H and O–H groups in total. The highest BCUT2D eigenvalue weighted by molar-refractivity contribution is 5.74. The molecule has 2 heterocycles. The van der Waals surface area contributed by atoms with E-state index in [2.05, 4.69) is 15.2 Å². The maximum atomic E-state index is 12.4. The molecule has 6 nitrogen and oxygen atoms in total. The summed E-state index contributed by atoms with van der Waals surface area (Å²) in [5.41, 5.74) is 0.882. The van der Waals surface area contributed by atoms with Gasteiger partial charge in [0.15, 0.2) is 0 Å². The molecule has 1 fully saturated rings. The quantitative estimate of drug-likeness (QED) is 0.896. The Balaban J connectivity index is 1.82. The minimum atomic E-state index is -0.0819. The average Bonchev–Trinajstić information content (AvgIpc) is 2.79. The van der Waals surface area contributed by atoms with Gasteiger partial charge in [0.25, 0.3) is 0 Å². The summed E-state index contributed by atoms with van der Waals surface area (Å²) in [6, 6.07) is 5.65. The Kier molecular flexibility index (Phi) is 6.61. The number of pyridine rings is 1. The van der Waals surface area contributed by atoms with Crippen molar-refractivity contribution >= 4 is 6.03 Å². The lowest BCUT2D eigenvalue weighted by molar-refractivity contribution is 0.149. The SMILES string of the molecule is COCCN1CCCN(C(=O)N[C@H](C)c2ccccn2)CC1. The molecule has 0 radical (unpaired) electrons. The molecule has 0 spiro atoms. The number of nitrogens with zero attached hydrogens (tertiary/aromatic N) is 3. The molecular weight excluding hydrogens is 280 g/mol. The first-order valence-electron chi connectivity index (χ1n) is 7.88. The maximum Gasteiger partial charge on any atom is 0.317 e. The van der Waals surface area contributed by atoms with Crippen LogP contribution in [0.25, 0.3) is 0 Å². The van der Waals surface area contributed by atoms with Crippen LogP contribution in [-0.4, -0.2) is 67.3 Å². The highest BCUT2D eigenvalue weighted by Crippen LogP contribution is 2.10. The van der Waals surface area contributed by atoms with E-state index in [1.54, 1.807) is 13.3 Å². The maximum absolute atomic E-state index is 12.4. The number of urea groups is 1. The van der Waals surface area contributed by atoms with Crippen LogP contribution in [0, 0.1) is 0 Å². The molecule has 0 aromatic carbocycles. The molecule has 1 aliphatic rings. The number of hydrogen-bond acceptors (Lipinski definition) is 4. The van der Waals surface area contributed by atoms with Crippen molar-refractivity contribution in [3.63, 3.8) is 0 Å². The third-order valence-electron chi connectivity index (χ3n) is 3.96. The minimum Gasteiger partial charge on any atom is -0.383 e. The van der Waals surface area contributed by atoms with Gasteiger partial charge in [0.2, 0.25) is 0 Å². The van der Waals surface area contributed by atoms with Crippen molar-refractivity contribution in [3.05, 3.63) is 30.1 Å². The van der Waals surface area contributed by atoms with Crippen LogP contribution in [0.4, 0.5) is 4.79 Å². The van der Waals surface area contributed by atoms with Gasteiger partial charge in [-0.15, -0.1) is 0 Å². The number of carbonyl (C=O) groups is 1. The van der Waals surface area contributed by atoms with Crippen LogP contribution in [0.1, 0.15) is 25.1 Å². The highest BCUT2D eigenvalue weighted by atomic mass is 16.5. The van der Waals surface area contributed by atoms with Crippen LogP contribution in [0.15, 0.2) is 24.4 Å². The molecule has 1 aliphatic heterocycles. The van der Waals surface area contributed by atoms with Gasteiger partial charge in [-0.25, -0.2) is 4.79 Å². The monoisotopic (exact) mass is 306 g/mol. The number of aromatic nitrogens is 1. The van der Waals surface area contributed by atoms with Crippen LogP contribution in [-0.2, 0) is 4.74 Å². The van der Waals surface area contributed by atoms with Gasteiger partial charge in [0, 0.05) is 39.5 Å². The molecule has 122 valence electrons. The van der Waals surface area contributed by atoms with Gasteiger partial charge in [-0.1, -0.05) is 6.07 Å². The standard InChI is InChI=1S/C16H26N4O2/c1-14(15-6-3-4-7-17-15)18-16(21)20-9-5-8-19(10-11-20)12-13-22-2/h3-4,6-7,14H,5,8-13H2,1-2H3,(H,18,21)/t14-/m1/s1. The largest absolute Gasteiger partial charge is 0.383 e. The second-order valence-corrected chi connectivity index (χ2v) is 5.60. The van der Waals surface area contributed by atoms with Crippen LogP contribution in [0.2, 0.25) is 0 Å². The fourth-order valence-corrected chi connectivity index (χ4v) is 2.60. The lowest BCUT2D eigenvalue weighted by Gasteiger charge is -2.24. The predicted molar refractivity (Wildman–Crippen MR) is 85.7 cm³/mol. The highest BCUT2D eigenvalue weighted by Gasteiger charge is 2.20. The summed E-state index contributed by atoms with van der Waals surface area (Å²) in [5, 5.41) is 3.03. The van der Waals surface area contributed by atoms with E-state index < -0.39 is 0 Å². The zero-order valence-electron chi connectivity index (χ0n) is 13.5. The van der Waals surface area contributed by atoms with Crippen LogP contribution >= 0.6 is 0 Å². The molecule has 1 saturated heterocycles. The van der Waals surface area contributed by atoms with Crippen molar-refractivity contribution < 1.29 is 9.53 Å². The van der Waals surface area contributed by atoms with E-state index in [4.69, 9.17) is 4.74 Å². The minimum absolute atomic E-state index is 0.00764. The number of carbonyl (C=O) groups excluding carboxylic acids is 1. The zero-order valence-corrected chi connectivity index (χ0v) is 13.5. The Bertz CT molecular complexity index is 455. The number of hydrogen-bond donors (Lipinski definition) is 1. The van der Waals surface area contributed by atoms with Crippen LogP contribution in [0.3, 0.4) is 0 Å². The fourth-order valence-electron chi connectivity index (χ4n) is 2.60. The third kappa shape index (κ3) is 4.96. The smallest absolute Gasteiger partial charge is 0.317 e. The number of ether oxygens (including phenoxy) is 1. The lowest BCUT2D eigenvalue weighted by Crippen LogP contribution is -2.43. The zero-order chi connectivity index (χ0) is 15.8. The van der Waals surface area contributed by atoms with E-state index in [0.717, 1.165) is 51.4 Å². The van der Waals surface area contributed by atoms with Gasteiger partial charge < -0.3 is 15.0 Å². The molecule has 1 aromatic heterocycles. The number of methoxy groups -OCH3 is 1. The van der Waals surface area contributed by atoms with Gasteiger partial charge in [-0.2, -0.15) is 0 Å². The van der Waals surface area contributed by atoms with Gasteiger partial charge >= 0.3 is 6.03 Å². The van der Waals surface area contributed by atoms with Crippen molar-refractivity contribution in [2.75, 3.05) is 46.4 Å². The molecule has 6 heteroatoms. The summed E-state index contributed by atoms with van der Waals surface area (Å²) in [6.07, 6.45) is 2.74. The first kappa shape index (κ1) is 16.7. The molecule has 22 heavy (non-hydrogen) atoms. The van der Waals surface area contributed by atoms with E-state index in [1.807, 2.05) is 30.0 Å². The number of nitrogens with one attached hydrogen (secondary N) is 1. The molecule has 2 rings (SSSR count). The normalized spacial score (nSPS) is 17.8. The summed E-state index contributed by atoms with van der Waals surface area (Å²) in [4.78, 5) is 20.9. The Hall–Kier alpha value is -1.66. The van der Waals surface area contributed by atoms with Crippen molar-refractivity contribution in [2.24, 2.45) is 0 Å². The van der Waals surface area contributed by atoms with Crippen LogP contribution in [0.5, 0.6) is 0 Å². The van der Waals surface area contributed by atoms with E-state index in [1.165, 1.54) is 0 Å². The van der Waals surface area contributed by atoms with Crippen LogP contribution < -0.4 is 5.32 Å². The number of rotatable bonds is 5. The van der Waals surface area contributed by atoms with Gasteiger partial charge in [-0.05, 0) is 32.0 Å². The molecule has 2 amide bonds. The lowest BCUT2D eigenvalue weighted by atomic mass is 10.2. The Morgan fingerprint density at radius 2 is 2.23 bits per heavy atom. The van der Waals surface area contributed by atoms with Crippen molar-refractivity contribution in [1.29, 1.82) is 0 Å². The Morgan fingerprint density at radius 3 is 2.95 bits per heavy atom. The molecule has 0 saturated carbocycles. The van der Waals surface area contributed by atoms with Crippen molar-refractivity contribution in [3.8, 4) is 0 Å². The molecular formula is C16H26N4O2. The van der Waals surface area contributed by atoms with E-state index >= 15 is 0 Å². The first-order valence-corrected chi connectivity index (χ1v) is 7.88. The third-order valence-corrected chi connectivity index (χ3v) is 3.96. The van der Waals surface area contributed by atoms with Gasteiger partial charge in [0.1, 0.15) is 0 Å². The summed E-state index contributed by atoms with van der Waals surface area (Å²) in [7, 11) is 1.72. The van der Waals surface area contributed by atoms with E-state index in [0.29, 0.717) is 0 Å². The summed E-state index contributed by atoms with van der Waals surface area (Å²) in [5.74, 6) is 0. The first-order chi connectivity index (χ1) is 10.7. The van der Waals surface area contributed by atoms with E-state index in [9.17, 15) is 4.79 Å². The van der Waals surface area contributed by atoms with E-state index in [-0.39, 0.29) is 12.1 Å². The summed E-state index contributed by atoms with van der Waals surface area (Å²) >= 11 is 0. The second-order valence-electron chi connectivity index (χ2n) is 5.60.